The van der Waals surface area contributed by atoms with Crippen LogP contribution < -0.4 is 10.1 Å². The molecular weight excluding hydrogens is 414 g/mol. The predicted molar refractivity (Wildman–Crippen MR) is 106 cm³/mol. The van der Waals surface area contributed by atoms with Gasteiger partial charge >= 0.3 is 0 Å². The van der Waals surface area contributed by atoms with Crippen LogP contribution in [-0.2, 0) is 11.4 Å². The van der Waals surface area contributed by atoms with E-state index in [9.17, 15) is 4.79 Å². The van der Waals surface area contributed by atoms with Gasteiger partial charge in [0.05, 0.1) is 5.75 Å². The molecule has 0 spiro atoms. The van der Waals surface area contributed by atoms with E-state index in [-0.39, 0.29) is 5.91 Å². The molecule has 1 aromatic carbocycles. The van der Waals surface area contributed by atoms with Gasteiger partial charge in [0.25, 0.3) is 0 Å². The molecule has 3 aromatic rings. The Morgan fingerprint density at radius 2 is 1.85 bits per heavy atom. The van der Waals surface area contributed by atoms with Crippen LogP contribution in [0, 0.1) is 0 Å². The van der Waals surface area contributed by atoms with Crippen LogP contribution >= 0.6 is 27.7 Å². The summed E-state index contributed by atoms with van der Waals surface area (Å²) < 4.78 is 6.79. The van der Waals surface area contributed by atoms with Gasteiger partial charge in [-0.25, -0.2) is 4.98 Å². The van der Waals surface area contributed by atoms with Crippen LogP contribution in [0.1, 0.15) is 5.56 Å². The highest BCUT2D eigenvalue weighted by atomic mass is 79.9. The molecule has 0 unspecified atom stereocenters. The van der Waals surface area contributed by atoms with Crippen molar-refractivity contribution in [3.63, 3.8) is 0 Å². The fraction of sp³-hybridized carbons (Fsp3) is 0.105. The van der Waals surface area contributed by atoms with Gasteiger partial charge in [0.15, 0.2) is 11.6 Å². The zero-order chi connectivity index (χ0) is 18.2. The summed E-state index contributed by atoms with van der Waals surface area (Å²) in [6, 6.07) is 15.1. The number of benzene rings is 1. The van der Waals surface area contributed by atoms with E-state index in [0.717, 1.165) is 14.9 Å². The van der Waals surface area contributed by atoms with Crippen molar-refractivity contribution in [2.45, 2.75) is 11.5 Å². The average Bonchev–Trinajstić information content (AvgIpc) is 2.68. The summed E-state index contributed by atoms with van der Waals surface area (Å²) in [5.41, 5.74) is 0.993. The van der Waals surface area contributed by atoms with Gasteiger partial charge in [0.1, 0.15) is 6.61 Å². The molecule has 1 N–H and O–H groups in total. The van der Waals surface area contributed by atoms with Gasteiger partial charge in [0.2, 0.25) is 5.91 Å². The lowest BCUT2D eigenvalue weighted by molar-refractivity contribution is -0.113. The number of thioether (sulfide) groups is 1. The van der Waals surface area contributed by atoms with Crippen LogP contribution in [0.15, 0.2) is 76.5 Å². The first-order valence-electron chi connectivity index (χ1n) is 7.85. The highest BCUT2D eigenvalue weighted by Crippen LogP contribution is 2.24. The van der Waals surface area contributed by atoms with E-state index in [1.807, 2.05) is 36.4 Å². The number of carbonyl (C=O) groups excluding carboxylic acids is 1. The molecule has 0 bridgehead atoms. The number of pyridine rings is 2. The van der Waals surface area contributed by atoms with Crippen LogP contribution in [0.5, 0.6) is 5.75 Å². The maximum atomic E-state index is 12.2. The molecule has 0 radical (unpaired) electrons. The van der Waals surface area contributed by atoms with Gasteiger partial charge in [-0.1, -0.05) is 15.9 Å². The molecule has 5 nitrogen and oxygen atoms in total. The number of ether oxygens (including phenoxy) is 1. The minimum absolute atomic E-state index is 0.134. The zero-order valence-corrected chi connectivity index (χ0v) is 16.2. The van der Waals surface area contributed by atoms with Gasteiger partial charge < -0.3 is 10.1 Å². The molecule has 0 aliphatic rings. The molecule has 0 saturated carbocycles. The topological polar surface area (TPSA) is 64.1 Å². The lowest BCUT2D eigenvalue weighted by Gasteiger charge is -2.11. The number of aromatic nitrogens is 2. The Morgan fingerprint density at radius 3 is 2.62 bits per heavy atom. The molecule has 2 aromatic heterocycles. The summed E-state index contributed by atoms with van der Waals surface area (Å²) in [5.74, 6) is 1.11. The number of nitrogens with zero attached hydrogens (tertiary/aromatic N) is 2. The monoisotopic (exact) mass is 429 g/mol. The van der Waals surface area contributed by atoms with Gasteiger partial charge in [-0.15, -0.1) is 11.8 Å². The number of hydrogen-bond donors (Lipinski definition) is 1. The van der Waals surface area contributed by atoms with Crippen molar-refractivity contribution in [3.05, 3.63) is 77.2 Å². The summed E-state index contributed by atoms with van der Waals surface area (Å²) >= 11 is 4.86. The van der Waals surface area contributed by atoms with E-state index < -0.39 is 0 Å². The van der Waals surface area contributed by atoms with Crippen LogP contribution in [0.4, 0.5) is 5.82 Å². The lowest BCUT2D eigenvalue weighted by Crippen LogP contribution is -2.16. The third-order valence-electron chi connectivity index (χ3n) is 3.36. The fourth-order valence-corrected chi connectivity index (χ4v) is 3.05. The van der Waals surface area contributed by atoms with Crippen LogP contribution in [0.25, 0.3) is 0 Å². The minimum Gasteiger partial charge on any atom is -0.485 e. The summed E-state index contributed by atoms with van der Waals surface area (Å²) in [4.78, 5) is 21.5. The molecule has 0 saturated heterocycles. The maximum Gasteiger partial charge on any atom is 0.235 e. The van der Waals surface area contributed by atoms with Crippen molar-refractivity contribution in [2.24, 2.45) is 0 Å². The summed E-state index contributed by atoms with van der Waals surface area (Å²) in [5, 5.41) is 2.81. The second-order valence-electron chi connectivity index (χ2n) is 5.29. The molecule has 1 amide bonds. The highest BCUT2D eigenvalue weighted by molar-refractivity contribution is 9.10. The molecule has 0 fully saturated rings. The third-order valence-corrected chi connectivity index (χ3v) is 4.90. The number of halogens is 1. The van der Waals surface area contributed by atoms with Crippen molar-refractivity contribution in [2.75, 3.05) is 11.1 Å². The van der Waals surface area contributed by atoms with Gasteiger partial charge in [-0.3, -0.25) is 9.78 Å². The molecular formula is C19H16BrN3O2S. The molecule has 0 aliphatic carbocycles. The number of hydrogen-bond acceptors (Lipinski definition) is 5. The van der Waals surface area contributed by atoms with E-state index in [2.05, 4.69) is 31.2 Å². The van der Waals surface area contributed by atoms with Crippen molar-refractivity contribution >= 4 is 39.4 Å². The standard InChI is InChI=1S/C19H16BrN3O2S/c20-15-3-5-16(6-4-15)26-13-18(24)23-19-17(2-1-9-22-19)25-12-14-7-10-21-11-8-14/h1-11H,12-13H2,(H,22,23,24). The normalized spacial score (nSPS) is 10.3. The van der Waals surface area contributed by atoms with Gasteiger partial charge in [0, 0.05) is 28.0 Å². The van der Waals surface area contributed by atoms with Crippen molar-refractivity contribution in [3.8, 4) is 5.75 Å². The van der Waals surface area contributed by atoms with E-state index >= 15 is 0 Å². The quantitative estimate of drug-likeness (QED) is 0.558. The Balaban J connectivity index is 1.56. The zero-order valence-electron chi connectivity index (χ0n) is 13.8. The number of carbonyl (C=O) groups is 1. The number of anilines is 1. The van der Waals surface area contributed by atoms with E-state index in [4.69, 9.17) is 4.74 Å². The first-order valence-corrected chi connectivity index (χ1v) is 9.63. The Bertz CT molecular complexity index is 860. The van der Waals surface area contributed by atoms with Crippen molar-refractivity contribution in [1.82, 2.24) is 9.97 Å². The number of amides is 1. The highest BCUT2D eigenvalue weighted by Gasteiger charge is 2.10. The van der Waals surface area contributed by atoms with E-state index in [0.29, 0.717) is 23.9 Å². The fourth-order valence-electron chi connectivity index (χ4n) is 2.09. The second-order valence-corrected chi connectivity index (χ2v) is 7.25. The predicted octanol–water partition coefficient (Wildman–Crippen LogP) is 4.55. The Morgan fingerprint density at radius 1 is 1.08 bits per heavy atom. The second kappa shape index (κ2) is 9.35. The van der Waals surface area contributed by atoms with Crippen molar-refractivity contribution < 1.29 is 9.53 Å². The third kappa shape index (κ3) is 5.57. The first kappa shape index (κ1) is 18.4. The SMILES string of the molecule is O=C(CSc1ccc(Br)cc1)Nc1ncccc1OCc1ccncc1. The summed E-state index contributed by atoms with van der Waals surface area (Å²) in [6.07, 6.45) is 5.05. The van der Waals surface area contributed by atoms with Gasteiger partial charge in [-0.2, -0.15) is 0 Å². The molecule has 7 heteroatoms. The van der Waals surface area contributed by atoms with Crippen LogP contribution in [0.3, 0.4) is 0 Å². The summed E-state index contributed by atoms with van der Waals surface area (Å²) in [7, 11) is 0. The van der Waals surface area contributed by atoms with E-state index in [1.54, 1.807) is 30.7 Å². The molecule has 0 aliphatic heterocycles. The number of nitrogens with one attached hydrogen (secondary N) is 1. The minimum atomic E-state index is -0.134. The Kier molecular flexibility index (Phi) is 6.62. The smallest absolute Gasteiger partial charge is 0.235 e. The molecule has 26 heavy (non-hydrogen) atoms. The lowest BCUT2D eigenvalue weighted by atomic mass is 10.3. The van der Waals surface area contributed by atoms with Crippen LogP contribution in [0.2, 0.25) is 0 Å². The Labute approximate surface area is 164 Å². The van der Waals surface area contributed by atoms with Crippen LogP contribution in [-0.4, -0.2) is 21.6 Å². The van der Waals surface area contributed by atoms with Gasteiger partial charge in [-0.05, 0) is 54.1 Å². The largest absolute Gasteiger partial charge is 0.485 e. The molecule has 3 rings (SSSR count). The van der Waals surface area contributed by atoms with Crippen molar-refractivity contribution in [1.29, 1.82) is 0 Å². The summed E-state index contributed by atoms with van der Waals surface area (Å²) in [6.45, 7) is 0.380. The average molecular weight is 430 g/mol. The first-order chi connectivity index (χ1) is 12.7. The Hall–Kier alpha value is -2.38. The maximum absolute atomic E-state index is 12.2. The molecule has 0 atom stereocenters. The number of rotatable bonds is 7. The molecule has 132 valence electrons. The van der Waals surface area contributed by atoms with E-state index in [1.165, 1.54) is 11.8 Å². The molecule has 2 heterocycles.